The van der Waals surface area contributed by atoms with E-state index in [-0.39, 0.29) is 54.1 Å². The molecule has 10 heterocycles. The molecular formula is C73H120N14O2S3. The minimum atomic E-state index is 0.0451. The molecule has 3 aliphatic rings. The van der Waals surface area contributed by atoms with E-state index in [2.05, 4.69) is 284 Å². The average molecular weight is 1320 g/mol. The van der Waals surface area contributed by atoms with Crippen LogP contribution in [0.15, 0.2) is 130 Å². The third-order valence-corrected chi connectivity index (χ3v) is 15.8. The third-order valence-electron chi connectivity index (χ3n) is 12.2. The van der Waals surface area contributed by atoms with Gasteiger partial charge >= 0.3 is 0 Å². The summed E-state index contributed by atoms with van der Waals surface area (Å²) in [5.74, 6) is 4.67. The standard InChI is InChI=1S/2C8H14N2.C8H13N.2C7H12N2.2C7H11NO.3C7H11NS/c1-8(2,3)7-5-10(4)6-9-7;1-8(2,3)7-9-5-6-10(7)4;1-8(2,3)7-5-4-6-9-7;7*1-7(2,3)6-8-4-5-9-6/h2*5-6H,1-4H3;5-6H,4H2,1-3H3;2*4H,5H2,1-3H3;5*4-5H,1-3H3. The second kappa shape index (κ2) is 36.5. The fraction of sp³-hybridized carbons (Fsp3) is 0.616. The summed E-state index contributed by atoms with van der Waals surface area (Å²) >= 11 is 5.16. The number of amidine groups is 2. The van der Waals surface area contributed by atoms with Crippen LogP contribution in [0.25, 0.3) is 0 Å². The Bertz CT molecular complexity index is 2890. The van der Waals surface area contributed by atoms with Gasteiger partial charge in [-0.25, -0.2) is 44.9 Å². The monoisotopic (exact) mass is 1320 g/mol. The molecule has 0 fully saturated rings. The number of hydrogen-bond acceptors (Lipinski definition) is 17. The highest BCUT2D eigenvalue weighted by Crippen LogP contribution is 2.29. The minimum absolute atomic E-state index is 0.0451. The van der Waals surface area contributed by atoms with Crippen molar-refractivity contribution in [3.8, 4) is 0 Å². The van der Waals surface area contributed by atoms with Gasteiger partial charge in [0.1, 0.15) is 30.0 Å². The Morgan fingerprint density at radius 1 is 0.380 bits per heavy atom. The highest BCUT2D eigenvalue weighted by atomic mass is 32.1. The van der Waals surface area contributed by atoms with Gasteiger partial charge < -0.3 is 18.0 Å². The number of hydrogen-bond donors (Lipinski definition) is 0. The SMILES string of the molecule is CC(C)(C)C1=CCC=N1.CC(C)(C)C1=NCC=N1.CC(C)(C)C1=NCC=N1.CC(C)(C)c1ncco1.CC(C)(C)c1ncco1.CC(C)(C)c1nccs1.CC(C)(C)c1nccs1.CC(C)(C)c1nccs1.Cn1ccnc1C(C)(C)C.Cn1cnc(C(C)(C)C)c1. The Morgan fingerprint density at radius 2 is 0.772 bits per heavy atom. The molecule has 0 N–H and O–H groups in total. The molecule has 3 aliphatic heterocycles. The van der Waals surface area contributed by atoms with Crippen LogP contribution in [0, 0.1) is 16.2 Å². The van der Waals surface area contributed by atoms with E-state index in [9.17, 15) is 0 Å². The number of allylic oxidation sites excluding steroid dienone is 2. The van der Waals surface area contributed by atoms with Gasteiger partial charge in [-0.15, -0.1) is 34.0 Å². The van der Waals surface area contributed by atoms with E-state index in [1.54, 1.807) is 58.9 Å². The first kappa shape index (κ1) is 83.8. The summed E-state index contributed by atoms with van der Waals surface area (Å²) in [4.78, 5) is 50.1. The van der Waals surface area contributed by atoms with Crippen molar-refractivity contribution in [2.75, 3.05) is 13.1 Å². The lowest BCUT2D eigenvalue weighted by Gasteiger charge is -2.17. The van der Waals surface area contributed by atoms with Gasteiger partial charge in [-0.3, -0.25) is 15.0 Å². The van der Waals surface area contributed by atoms with Crippen LogP contribution in [-0.4, -0.2) is 87.4 Å². The molecule has 0 spiro atoms. The van der Waals surface area contributed by atoms with Gasteiger partial charge in [0.2, 0.25) is 0 Å². The van der Waals surface area contributed by atoms with Crippen LogP contribution in [-0.2, 0) is 52.0 Å². The van der Waals surface area contributed by atoms with Crippen molar-refractivity contribution in [1.82, 2.24) is 44.0 Å². The molecule has 7 aromatic rings. The second-order valence-corrected chi connectivity index (χ2v) is 35.2. The molecule has 16 nitrogen and oxygen atoms in total. The fourth-order valence-corrected chi connectivity index (χ4v) is 9.36. The van der Waals surface area contributed by atoms with Crippen molar-refractivity contribution in [1.29, 1.82) is 0 Å². The lowest BCUT2D eigenvalue weighted by molar-refractivity contribution is 0.392. The Labute approximate surface area is 568 Å². The molecular weight excluding hydrogens is 1200 g/mol. The molecule has 0 amide bonds. The van der Waals surface area contributed by atoms with Gasteiger partial charge in [0.05, 0.1) is 52.5 Å². The Balaban J connectivity index is 0.000000511. The molecule has 0 atom stereocenters. The van der Waals surface area contributed by atoms with Gasteiger partial charge in [0.25, 0.3) is 0 Å². The highest BCUT2D eigenvalue weighted by Gasteiger charge is 2.23. The van der Waals surface area contributed by atoms with Crippen LogP contribution < -0.4 is 0 Å². The lowest BCUT2D eigenvalue weighted by Crippen LogP contribution is -2.16. The molecule has 19 heteroatoms. The average Bonchev–Trinajstić information content (AvgIpc) is 2.06. The maximum absolute atomic E-state index is 5.09. The lowest BCUT2D eigenvalue weighted by atomic mass is 9.92. The molecule has 7 aromatic heterocycles. The van der Waals surface area contributed by atoms with Crippen molar-refractivity contribution in [2.45, 2.75) is 252 Å². The number of nitrogens with zero attached hydrogens (tertiary/aromatic N) is 14. The first-order chi connectivity index (χ1) is 41.9. The quantitative estimate of drug-likeness (QED) is 0.142. The second-order valence-electron chi connectivity index (χ2n) is 32.6. The van der Waals surface area contributed by atoms with E-state index in [4.69, 9.17) is 8.83 Å². The number of aromatic nitrogens is 9. The summed E-state index contributed by atoms with van der Waals surface area (Å²) in [5, 5.41) is 9.68. The van der Waals surface area contributed by atoms with Crippen molar-refractivity contribution in [3.63, 3.8) is 0 Å². The predicted molar refractivity (Wildman–Crippen MR) is 398 cm³/mol. The zero-order valence-corrected chi connectivity index (χ0v) is 65.3. The fourth-order valence-electron chi connectivity index (χ4n) is 7.18. The number of oxazole rings is 2. The third kappa shape index (κ3) is 34.6. The van der Waals surface area contributed by atoms with E-state index >= 15 is 0 Å². The molecule has 0 bridgehead atoms. The van der Waals surface area contributed by atoms with Crippen molar-refractivity contribution in [2.24, 2.45) is 55.3 Å². The molecule has 0 saturated heterocycles. The van der Waals surface area contributed by atoms with E-state index in [1.807, 2.05) is 90.8 Å². The van der Waals surface area contributed by atoms with Crippen molar-refractivity contribution < 1.29 is 8.83 Å². The van der Waals surface area contributed by atoms with Gasteiger partial charge in [-0.1, -0.05) is 214 Å². The van der Waals surface area contributed by atoms with Gasteiger partial charge in [0.15, 0.2) is 11.8 Å². The maximum atomic E-state index is 5.09. The Kier molecular flexibility index (Phi) is 33.2. The summed E-state index contributed by atoms with van der Waals surface area (Å²) in [7, 11) is 4.01. The summed E-state index contributed by atoms with van der Waals surface area (Å²) in [6.45, 7) is 65.7. The number of aryl methyl sites for hydroxylation is 2. The minimum Gasteiger partial charge on any atom is -0.448 e. The molecule has 0 aromatic carbocycles. The zero-order valence-electron chi connectivity index (χ0n) is 62.8. The van der Waals surface area contributed by atoms with E-state index in [0.717, 1.165) is 54.5 Å². The summed E-state index contributed by atoms with van der Waals surface area (Å²) in [5.41, 5.74) is 4.01. The van der Waals surface area contributed by atoms with Crippen LogP contribution in [0.4, 0.5) is 0 Å². The van der Waals surface area contributed by atoms with Crippen molar-refractivity contribution in [3.05, 3.63) is 135 Å². The molecule has 512 valence electrons. The van der Waals surface area contributed by atoms with Crippen molar-refractivity contribution >= 4 is 64.3 Å². The van der Waals surface area contributed by atoms with Crippen LogP contribution in [0.2, 0.25) is 0 Å². The molecule has 0 unspecified atom stereocenters. The number of aliphatic imine (C=N–C) groups is 5. The molecule has 0 aliphatic carbocycles. The largest absolute Gasteiger partial charge is 0.448 e. The molecule has 0 saturated carbocycles. The van der Waals surface area contributed by atoms with Crippen LogP contribution in [0.1, 0.15) is 252 Å². The molecule has 10 rings (SSSR count). The summed E-state index contributed by atoms with van der Waals surface area (Å²) in [6, 6.07) is 0. The summed E-state index contributed by atoms with van der Waals surface area (Å²) in [6.07, 6.45) is 28.6. The van der Waals surface area contributed by atoms with E-state index in [1.165, 1.54) is 20.7 Å². The van der Waals surface area contributed by atoms with E-state index in [0.29, 0.717) is 0 Å². The number of thiazole rings is 3. The number of rotatable bonds is 0. The number of imidazole rings is 2. The van der Waals surface area contributed by atoms with Gasteiger partial charge in [-0.2, -0.15) is 0 Å². The highest BCUT2D eigenvalue weighted by molar-refractivity contribution is 7.10. The first-order valence-electron chi connectivity index (χ1n) is 31.7. The normalized spacial score (nSPS) is 13.8. The summed E-state index contributed by atoms with van der Waals surface area (Å²) < 4.78 is 14.2. The molecule has 0 radical (unpaired) electrons. The first-order valence-corrected chi connectivity index (χ1v) is 34.3. The zero-order chi connectivity index (χ0) is 70.8. The Hall–Kier alpha value is -6.18. The van der Waals surface area contributed by atoms with Crippen LogP contribution in [0.5, 0.6) is 0 Å². The predicted octanol–water partition coefficient (Wildman–Crippen LogP) is 20.1. The smallest absolute Gasteiger partial charge is 0.199 e. The topological polar surface area (TPSA) is 188 Å². The molecule has 92 heavy (non-hydrogen) atoms. The van der Waals surface area contributed by atoms with Gasteiger partial charge in [-0.05, 0) is 0 Å². The van der Waals surface area contributed by atoms with Crippen LogP contribution >= 0.6 is 34.0 Å². The Morgan fingerprint density at radius 3 is 0.902 bits per heavy atom. The van der Waals surface area contributed by atoms with Gasteiger partial charge in [0, 0.05) is 152 Å². The van der Waals surface area contributed by atoms with E-state index < -0.39 is 0 Å². The van der Waals surface area contributed by atoms with Crippen LogP contribution in [0.3, 0.4) is 0 Å². The maximum Gasteiger partial charge on any atom is 0.199 e.